The third-order valence-electron chi connectivity index (χ3n) is 3.24. The number of hydrogen-bond donors (Lipinski definition) is 2. The van der Waals surface area contributed by atoms with Crippen molar-refractivity contribution in [2.45, 2.75) is 30.2 Å². The van der Waals surface area contributed by atoms with Gasteiger partial charge in [0.25, 0.3) is 0 Å². The molecule has 0 bridgehead atoms. The maximum Gasteiger partial charge on any atom is 0.247 e. The second-order valence-corrected chi connectivity index (χ2v) is 7.24. The Morgan fingerprint density at radius 2 is 2.21 bits per heavy atom. The summed E-state index contributed by atoms with van der Waals surface area (Å²) < 4.78 is 27.1. The van der Waals surface area contributed by atoms with Gasteiger partial charge in [0.15, 0.2) is 0 Å². The molecule has 3 N–H and O–H groups in total. The summed E-state index contributed by atoms with van der Waals surface area (Å²) in [6.07, 6.45) is 4.10. The maximum absolute atomic E-state index is 12.6. The molecule has 2 rings (SSSR count). The smallest absolute Gasteiger partial charge is 0.247 e. The van der Waals surface area contributed by atoms with Gasteiger partial charge in [-0.1, -0.05) is 6.42 Å². The number of nitrogens with two attached hydrogens (primary N) is 1. The van der Waals surface area contributed by atoms with Crippen LogP contribution in [0.15, 0.2) is 21.6 Å². The highest BCUT2D eigenvalue weighted by Gasteiger charge is 2.35. The van der Waals surface area contributed by atoms with Gasteiger partial charge in [0.1, 0.15) is 10.7 Å². The first-order chi connectivity index (χ1) is 8.96. The quantitative estimate of drug-likeness (QED) is 0.825. The van der Waals surface area contributed by atoms with Crippen molar-refractivity contribution < 1.29 is 13.5 Å². The van der Waals surface area contributed by atoms with E-state index in [1.54, 1.807) is 0 Å². The number of rotatable bonds is 5. The van der Waals surface area contributed by atoms with E-state index in [-0.39, 0.29) is 29.9 Å². The van der Waals surface area contributed by atoms with Crippen molar-refractivity contribution in [1.29, 1.82) is 0 Å². The van der Waals surface area contributed by atoms with Crippen LogP contribution >= 0.6 is 15.9 Å². The van der Waals surface area contributed by atoms with Gasteiger partial charge >= 0.3 is 0 Å². The highest BCUT2D eigenvalue weighted by molar-refractivity contribution is 9.10. The number of hydrogen-bond acceptors (Lipinski definition) is 5. The fourth-order valence-corrected chi connectivity index (χ4v) is 4.29. The monoisotopic (exact) mass is 349 g/mol. The molecule has 1 aromatic rings. The summed E-state index contributed by atoms with van der Waals surface area (Å²) in [5, 5.41) is 9.08. The first-order valence-electron chi connectivity index (χ1n) is 6.00. The highest BCUT2D eigenvalue weighted by atomic mass is 79.9. The summed E-state index contributed by atoms with van der Waals surface area (Å²) in [4.78, 5) is 3.84. The largest absolute Gasteiger partial charge is 0.395 e. The van der Waals surface area contributed by atoms with Gasteiger partial charge in [-0.3, -0.25) is 0 Å². The molecule has 0 saturated heterocycles. The molecular formula is C11H16BrN3O3S. The minimum absolute atomic E-state index is 0.0118. The van der Waals surface area contributed by atoms with Gasteiger partial charge in [-0.15, -0.1) is 0 Å². The van der Waals surface area contributed by atoms with Crippen LogP contribution in [0.5, 0.6) is 0 Å². The number of pyridine rings is 1. The fourth-order valence-electron chi connectivity index (χ4n) is 2.04. The summed E-state index contributed by atoms with van der Waals surface area (Å²) in [5.74, 6) is -0.0227. The first kappa shape index (κ1) is 14.7. The second kappa shape index (κ2) is 5.74. The summed E-state index contributed by atoms with van der Waals surface area (Å²) in [5.41, 5.74) is 5.67. The van der Waals surface area contributed by atoms with Gasteiger partial charge in [0.2, 0.25) is 10.0 Å². The number of halogens is 1. The van der Waals surface area contributed by atoms with E-state index in [1.165, 1.54) is 16.6 Å². The number of aromatic nitrogens is 1. The van der Waals surface area contributed by atoms with Crippen LogP contribution in [0.25, 0.3) is 0 Å². The Morgan fingerprint density at radius 3 is 2.74 bits per heavy atom. The molecule has 0 aliphatic heterocycles. The zero-order valence-electron chi connectivity index (χ0n) is 10.3. The molecule has 1 aliphatic carbocycles. The van der Waals surface area contributed by atoms with Crippen LogP contribution in [0.3, 0.4) is 0 Å². The van der Waals surface area contributed by atoms with Gasteiger partial charge in [0, 0.05) is 23.3 Å². The SMILES string of the molecule is Nc1ncc(Br)cc1S(=O)(=O)N(CCO)C1CCC1. The number of sulfonamides is 1. The number of anilines is 1. The molecule has 1 aromatic heterocycles. The third kappa shape index (κ3) is 2.91. The fraction of sp³-hybridized carbons (Fsp3) is 0.545. The third-order valence-corrected chi connectivity index (χ3v) is 5.65. The maximum atomic E-state index is 12.6. The molecule has 106 valence electrons. The predicted octanol–water partition coefficient (Wildman–Crippen LogP) is 0.962. The van der Waals surface area contributed by atoms with E-state index < -0.39 is 10.0 Å². The Bertz CT molecular complexity index is 560. The molecule has 1 fully saturated rings. The summed E-state index contributed by atoms with van der Waals surface area (Å²) in [7, 11) is -3.72. The lowest BCUT2D eigenvalue weighted by Gasteiger charge is -2.36. The predicted molar refractivity (Wildman–Crippen MR) is 75.0 cm³/mol. The summed E-state index contributed by atoms with van der Waals surface area (Å²) >= 11 is 3.19. The van der Waals surface area contributed by atoms with Gasteiger partial charge in [0.05, 0.1) is 6.61 Å². The minimum Gasteiger partial charge on any atom is -0.395 e. The van der Waals surface area contributed by atoms with Gasteiger partial charge in [-0.25, -0.2) is 13.4 Å². The lowest BCUT2D eigenvalue weighted by atomic mass is 9.93. The Morgan fingerprint density at radius 1 is 1.53 bits per heavy atom. The zero-order chi connectivity index (χ0) is 14.0. The van der Waals surface area contributed by atoms with E-state index in [9.17, 15) is 8.42 Å². The molecule has 0 aromatic carbocycles. The van der Waals surface area contributed by atoms with Crippen LogP contribution in [0, 0.1) is 0 Å². The van der Waals surface area contributed by atoms with Gasteiger partial charge < -0.3 is 10.8 Å². The van der Waals surface area contributed by atoms with Gasteiger partial charge in [-0.2, -0.15) is 4.31 Å². The Balaban J connectivity index is 2.40. The van der Waals surface area contributed by atoms with Crippen molar-refractivity contribution in [2.75, 3.05) is 18.9 Å². The highest BCUT2D eigenvalue weighted by Crippen LogP contribution is 2.31. The molecule has 0 spiro atoms. The topological polar surface area (TPSA) is 96.5 Å². The number of aliphatic hydroxyl groups excluding tert-OH is 1. The zero-order valence-corrected chi connectivity index (χ0v) is 12.7. The van der Waals surface area contributed by atoms with Crippen LogP contribution in [0.2, 0.25) is 0 Å². The molecule has 0 unspecified atom stereocenters. The minimum atomic E-state index is -3.72. The van der Waals surface area contributed by atoms with Crippen molar-refractivity contribution in [3.8, 4) is 0 Å². The lowest BCUT2D eigenvalue weighted by molar-refractivity contribution is 0.178. The van der Waals surface area contributed by atoms with Crippen molar-refractivity contribution in [2.24, 2.45) is 0 Å². The average Bonchev–Trinajstić information content (AvgIpc) is 2.29. The van der Waals surface area contributed by atoms with Gasteiger partial charge in [-0.05, 0) is 34.8 Å². The van der Waals surface area contributed by atoms with E-state index in [0.717, 1.165) is 19.3 Å². The van der Waals surface area contributed by atoms with E-state index in [1.807, 2.05) is 0 Å². The second-order valence-electron chi connectivity index (χ2n) is 4.46. The van der Waals surface area contributed by atoms with Crippen LogP contribution < -0.4 is 5.73 Å². The molecule has 19 heavy (non-hydrogen) atoms. The first-order valence-corrected chi connectivity index (χ1v) is 8.24. The molecule has 1 saturated carbocycles. The standard InChI is InChI=1S/C11H16BrN3O3S/c12-8-6-10(11(13)14-7-8)19(17,18)15(4-5-16)9-2-1-3-9/h6-7,9,16H,1-5H2,(H2,13,14). The van der Waals surface area contributed by atoms with Crippen LogP contribution in [-0.2, 0) is 10.0 Å². The summed E-state index contributed by atoms with van der Waals surface area (Å²) in [6.45, 7) is -0.129. The molecule has 0 radical (unpaired) electrons. The average molecular weight is 350 g/mol. The van der Waals surface area contributed by atoms with Crippen molar-refractivity contribution in [3.63, 3.8) is 0 Å². The van der Waals surface area contributed by atoms with Crippen LogP contribution in [0.4, 0.5) is 5.82 Å². The molecule has 6 nitrogen and oxygen atoms in total. The van der Waals surface area contributed by atoms with E-state index in [4.69, 9.17) is 10.8 Å². The normalized spacial score (nSPS) is 16.6. The van der Waals surface area contributed by atoms with Crippen molar-refractivity contribution >= 4 is 31.8 Å². The molecule has 0 atom stereocenters. The summed E-state index contributed by atoms with van der Waals surface area (Å²) in [6, 6.07) is 1.40. The lowest BCUT2D eigenvalue weighted by Crippen LogP contribution is -2.45. The molecule has 8 heteroatoms. The Kier molecular flexibility index (Phi) is 4.44. The Hall–Kier alpha value is -0.700. The molecule has 1 heterocycles. The number of aliphatic hydroxyl groups is 1. The molecule has 1 aliphatic rings. The van der Waals surface area contributed by atoms with Crippen molar-refractivity contribution in [3.05, 3.63) is 16.7 Å². The molecular weight excluding hydrogens is 334 g/mol. The molecule has 0 amide bonds. The van der Waals surface area contributed by atoms with E-state index >= 15 is 0 Å². The van der Waals surface area contributed by atoms with Crippen molar-refractivity contribution in [1.82, 2.24) is 9.29 Å². The number of nitrogen functional groups attached to an aromatic ring is 1. The van der Waals surface area contributed by atoms with E-state index in [2.05, 4.69) is 20.9 Å². The van der Waals surface area contributed by atoms with E-state index in [0.29, 0.717) is 4.47 Å². The van der Waals surface area contributed by atoms with Crippen LogP contribution in [-0.4, -0.2) is 42.0 Å². The number of nitrogens with zero attached hydrogens (tertiary/aromatic N) is 2. The van der Waals surface area contributed by atoms with Crippen LogP contribution in [0.1, 0.15) is 19.3 Å². The Labute approximate surface area is 120 Å².